The predicted octanol–water partition coefficient (Wildman–Crippen LogP) is 3.78. The van der Waals surface area contributed by atoms with E-state index in [2.05, 4.69) is 10.4 Å². The maximum absolute atomic E-state index is 12.9. The Morgan fingerprint density at radius 3 is 2.68 bits per heavy atom. The van der Waals surface area contributed by atoms with Gasteiger partial charge in [-0.3, -0.25) is 14.3 Å². The molecule has 31 heavy (non-hydrogen) atoms. The van der Waals surface area contributed by atoms with Crippen LogP contribution in [0.4, 0.5) is 5.69 Å². The lowest BCUT2D eigenvalue weighted by Gasteiger charge is -2.27. The quantitative estimate of drug-likeness (QED) is 0.653. The van der Waals surface area contributed by atoms with E-state index in [9.17, 15) is 9.59 Å². The summed E-state index contributed by atoms with van der Waals surface area (Å²) in [6.45, 7) is 3.62. The van der Waals surface area contributed by atoms with Crippen LogP contribution in [0.5, 0.6) is 5.75 Å². The van der Waals surface area contributed by atoms with Gasteiger partial charge in [0.25, 0.3) is 11.8 Å². The van der Waals surface area contributed by atoms with Crippen LogP contribution >= 0.6 is 0 Å². The Morgan fingerprint density at radius 1 is 1.13 bits per heavy atom. The van der Waals surface area contributed by atoms with Gasteiger partial charge in [-0.2, -0.15) is 5.10 Å². The van der Waals surface area contributed by atoms with Crippen molar-refractivity contribution in [3.05, 3.63) is 65.4 Å². The summed E-state index contributed by atoms with van der Waals surface area (Å²) in [4.78, 5) is 27.5. The van der Waals surface area contributed by atoms with Crippen LogP contribution in [0.1, 0.15) is 51.6 Å². The lowest BCUT2D eigenvalue weighted by atomic mass is 10.1. The summed E-state index contributed by atoms with van der Waals surface area (Å²) in [6, 6.07) is 11.0. The van der Waals surface area contributed by atoms with Crippen molar-refractivity contribution in [2.45, 2.75) is 32.8 Å². The minimum absolute atomic E-state index is 0.123. The summed E-state index contributed by atoms with van der Waals surface area (Å²) < 4.78 is 12.9. The number of benzene rings is 1. The molecule has 162 valence electrons. The van der Waals surface area contributed by atoms with Crippen molar-refractivity contribution in [3.63, 3.8) is 0 Å². The molecule has 1 saturated heterocycles. The molecular weight excluding hydrogens is 396 g/mol. The molecule has 0 radical (unpaired) electrons. The van der Waals surface area contributed by atoms with Gasteiger partial charge in [0.05, 0.1) is 11.9 Å². The van der Waals surface area contributed by atoms with Gasteiger partial charge in [-0.25, -0.2) is 0 Å². The fourth-order valence-electron chi connectivity index (χ4n) is 3.66. The van der Waals surface area contributed by atoms with Crippen LogP contribution in [0.15, 0.2) is 47.0 Å². The Morgan fingerprint density at radius 2 is 1.90 bits per heavy atom. The van der Waals surface area contributed by atoms with Crippen LogP contribution < -0.4 is 10.1 Å². The molecule has 1 N–H and O–H groups in total. The summed E-state index contributed by atoms with van der Waals surface area (Å²) in [5.74, 6) is 0.874. The summed E-state index contributed by atoms with van der Waals surface area (Å²) in [5.41, 5.74) is 1.76. The van der Waals surface area contributed by atoms with E-state index in [4.69, 9.17) is 9.15 Å². The van der Waals surface area contributed by atoms with Gasteiger partial charge in [-0.15, -0.1) is 0 Å². The molecule has 4 rings (SSSR count). The highest BCUT2D eigenvalue weighted by Gasteiger charge is 2.25. The topological polar surface area (TPSA) is 89.6 Å². The van der Waals surface area contributed by atoms with Crippen molar-refractivity contribution >= 4 is 17.5 Å². The van der Waals surface area contributed by atoms with Gasteiger partial charge < -0.3 is 19.4 Å². The number of likely N-dealkylation sites (tertiary alicyclic amines) is 1. The Balaban J connectivity index is 1.42. The monoisotopic (exact) mass is 422 g/mol. The molecule has 0 aliphatic carbocycles. The number of carbonyl (C=O) groups excluding carboxylic acids is 2. The Labute approximate surface area is 180 Å². The van der Waals surface area contributed by atoms with Gasteiger partial charge in [0, 0.05) is 20.1 Å². The summed E-state index contributed by atoms with van der Waals surface area (Å²) in [6.07, 6.45) is 4.60. The fraction of sp³-hybridized carbons (Fsp3) is 0.348. The van der Waals surface area contributed by atoms with E-state index in [1.807, 2.05) is 36.1 Å². The third-order valence-corrected chi connectivity index (χ3v) is 5.38. The first-order valence-corrected chi connectivity index (χ1v) is 10.4. The molecule has 0 saturated carbocycles. The molecular formula is C23H26N4O4. The molecule has 8 nitrogen and oxygen atoms in total. The normalized spacial score (nSPS) is 13.8. The van der Waals surface area contributed by atoms with Crippen LogP contribution in [0.25, 0.3) is 0 Å². The van der Waals surface area contributed by atoms with Crippen LogP contribution in [0, 0.1) is 6.92 Å². The molecule has 0 spiro atoms. The molecule has 1 aliphatic heterocycles. The number of nitrogens with one attached hydrogen (secondary N) is 1. The number of aryl methyl sites for hydroxylation is 2. The molecule has 3 heterocycles. The van der Waals surface area contributed by atoms with Crippen molar-refractivity contribution in [1.29, 1.82) is 0 Å². The number of furan rings is 1. The highest BCUT2D eigenvalue weighted by molar-refractivity contribution is 6.07. The first-order chi connectivity index (χ1) is 15.0. The number of amides is 2. The highest BCUT2D eigenvalue weighted by atomic mass is 16.5. The molecule has 0 bridgehead atoms. The number of carbonyl (C=O) groups is 2. The van der Waals surface area contributed by atoms with E-state index in [1.165, 1.54) is 10.9 Å². The van der Waals surface area contributed by atoms with Crippen molar-refractivity contribution in [1.82, 2.24) is 14.7 Å². The number of para-hydroxylation sites is 1. The lowest BCUT2D eigenvalue weighted by molar-refractivity contribution is 0.0714. The largest absolute Gasteiger partial charge is 0.485 e. The van der Waals surface area contributed by atoms with E-state index < -0.39 is 5.91 Å². The minimum Gasteiger partial charge on any atom is -0.485 e. The molecule has 1 fully saturated rings. The number of aromatic nitrogens is 2. The maximum atomic E-state index is 12.9. The summed E-state index contributed by atoms with van der Waals surface area (Å²) in [7, 11) is 1.70. The number of hydrogen-bond acceptors (Lipinski definition) is 5. The van der Waals surface area contributed by atoms with Gasteiger partial charge in [0.15, 0.2) is 5.76 Å². The zero-order valence-corrected chi connectivity index (χ0v) is 17.8. The van der Waals surface area contributed by atoms with Gasteiger partial charge in [-0.05, 0) is 49.9 Å². The zero-order chi connectivity index (χ0) is 21.8. The molecule has 1 aliphatic rings. The van der Waals surface area contributed by atoms with Crippen LogP contribution in [0.2, 0.25) is 0 Å². The van der Waals surface area contributed by atoms with E-state index in [1.54, 1.807) is 19.2 Å². The van der Waals surface area contributed by atoms with Gasteiger partial charge in [0.1, 0.15) is 23.8 Å². The average Bonchev–Trinajstić information content (AvgIpc) is 3.40. The Bertz CT molecular complexity index is 1080. The Hall–Kier alpha value is -3.55. The molecule has 2 amide bonds. The van der Waals surface area contributed by atoms with E-state index in [-0.39, 0.29) is 18.3 Å². The van der Waals surface area contributed by atoms with Crippen LogP contribution in [-0.2, 0) is 13.7 Å². The van der Waals surface area contributed by atoms with Crippen molar-refractivity contribution in [2.75, 3.05) is 18.4 Å². The fourth-order valence-corrected chi connectivity index (χ4v) is 3.66. The standard InChI is InChI=1S/C23H26N4O4/c1-16-8-4-5-9-19(16)30-15-17-10-11-20(31-17)22(28)25-18-14-24-26(2)21(18)23(29)27-12-6-3-7-13-27/h4-5,8-11,14H,3,6-7,12-13,15H2,1-2H3,(H,25,28). The van der Waals surface area contributed by atoms with E-state index >= 15 is 0 Å². The van der Waals surface area contributed by atoms with Crippen molar-refractivity contribution in [2.24, 2.45) is 7.05 Å². The van der Waals surface area contributed by atoms with Gasteiger partial charge in [0.2, 0.25) is 0 Å². The van der Waals surface area contributed by atoms with Crippen molar-refractivity contribution < 1.29 is 18.7 Å². The number of nitrogens with zero attached hydrogens (tertiary/aromatic N) is 3. The SMILES string of the molecule is Cc1ccccc1OCc1ccc(C(=O)Nc2cnn(C)c2C(=O)N2CCCCC2)o1. The molecule has 0 atom stereocenters. The third kappa shape index (κ3) is 4.63. The molecule has 0 unspecified atom stereocenters. The maximum Gasteiger partial charge on any atom is 0.291 e. The first kappa shape index (κ1) is 20.7. The highest BCUT2D eigenvalue weighted by Crippen LogP contribution is 2.22. The average molecular weight is 422 g/mol. The third-order valence-electron chi connectivity index (χ3n) is 5.38. The predicted molar refractivity (Wildman–Crippen MR) is 115 cm³/mol. The van der Waals surface area contributed by atoms with Crippen molar-refractivity contribution in [3.8, 4) is 5.75 Å². The van der Waals surface area contributed by atoms with Crippen LogP contribution in [-0.4, -0.2) is 39.6 Å². The Kier molecular flexibility index (Phi) is 6.06. The second-order valence-corrected chi connectivity index (χ2v) is 7.66. The molecule has 1 aromatic carbocycles. The minimum atomic E-state index is -0.442. The number of piperidine rings is 1. The first-order valence-electron chi connectivity index (χ1n) is 10.4. The molecule has 2 aromatic heterocycles. The second-order valence-electron chi connectivity index (χ2n) is 7.66. The lowest BCUT2D eigenvalue weighted by Crippen LogP contribution is -2.37. The number of hydrogen-bond donors (Lipinski definition) is 1. The molecule has 8 heteroatoms. The number of ether oxygens (including phenoxy) is 1. The van der Waals surface area contributed by atoms with Gasteiger partial charge >= 0.3 is 0 Å². The smallest absolute Gasteiger partial charge is 0.291 e. The van der Waals surface area contributed by atoms with E-state index in [0.29, 0.717) is 17.1 Å². The molecule has 3 aromatic rings. The number of anilines is 1. The van der Waals surface area contributed by atoms with Gasteiger partial charge in [-0.1, -0.05) is 18.2 Å². The summed E-state index contributed by atoms with van der Waals surface area (Å²) in [5, 5.41) is 6.92. The second kappa shape index (κ2) is 9.07. The summed E-state index contributed by atoms with van der Waals surface area (Å²) >= 11 is 0. The zero-order valence-electron chi connectivity index (χ0n) is 17.8. The number of rotatable bonds is 6. The van der Waals surface area contributed by atoms with E-state index in [0.717, 1.165) is 43.7 Å². The van der Waals surface area contributed by atoms with Crippen LogP contribution in [0.3, 0.4) is 0 Å².